The molecule has 16 heavy (non-hydrogen) atoms. The summed E-state index contributed by atoms with van der Waals surface area (Å²) in [5, 5.41) is 0. The number of carbonyl (C=O) groups is 1. The van der Waals surface area contributed by atoms with Crippen LogP contribution in [0.15, 0.2) is 22.8 Å². The molecule has 90 valence electrons. The van der Waals surface area contributed by atoms with Crippen molar-refractivity contribution in [3.05, 3.63) is 24.2 Å². The summed E-state index contributed by atoms with van der Waals surface area (Å²) in [6, 6.07) is 3.22. The number of amides is 1. The number of hydrogen-bond acceptors (Lipinski definition) is 3. The van der Waals surface area contributed by atoms with Gasteiger partial charge in [0.25, 0.3) is 0 Å². The highest BCUT2D eigenvalue weighted by atomic mass is 19.4. The summed E-state index contributed by atoms with van der Waals surface area (Å²) in [6.07, 6.45) is -4.15. The molecule has 0 spiro atoms. The third-order valence-corrected chi connectivity index (χ3v) is 1.64. The molecular formula is C9H10F3NO3. The minimum absolute atomic E-state index is 0.0592. The molecule has 1 rings (SSSR count). The maximum atomic E-state index is 11.7. The number of furan rings is 1. The van der Waals surface area contributed by atoms with Gasteiger partial charge in [0.05, 0.1) is 12.8 Å². The van der Waals surface area contributed by atoms with Crippen molar-refractivity contribution in [3.63, 3.8) is 0 Å². The lowest BCUT2D eigenvalue weighted by Gasteiger charge is -2.16. The first-order valence-electron chi connectivity index (χ1n) is 4.35. The van der Waals surface area contributed by atoms with Crippen LogP contribution in [0.3, 0.4) is 0 Å². The molecule has 0 N–H and O–H groups in total. The van der Waals surface area contributed by atoms with Gasteiger partial charge in [-0.1, -0.05) is 0 Å². The van der Waals surface area contributed by atoms with Crippen molar-refractivity contribution in [3.8, 4) is 0 Å². The molecule has 4 nitrogen and oxygen atoms in total. The Balaban J connectivity index is 2.37. The fraction of sp³-hybridized carbons (Fsp3) is 0.444. The zero-order valence-electron chi connectivity index (χ0n) is 8.45. The second-order valence-electron chi connectivity index (χ2n) is 3.11. The number of nitrogens with zero attached hydrogens (tertiary/aromatic N) is 1. The summed E-state index contributed by atoms with van der Waals surface area (Å²) >= 11 is 0. The first-order valence-corrected chi connectivity index (χ1v) is 4.35. The number of ether oxygens (including phenoxy) is 1. The molecule has 0 unspecified atom stereocenters. The van der Waals surface area contributed by atoms with Gasteiger partial charge in [-0.15, -0.1) is 0 Å². The highest BCUT2D eigenvalue weighted by Gasteiger charge is 2.30. The molecule has 0 aliphatic rings. The van der Waals surface area contributed by atoms with E-state index in [1.54, 1.807) is 12.1 Å². The van der Waals surface area contributed by atoms with Crippen molar-refractivity contribution in [2.24, 2.45) is 0 Å². The first kappa shape index (κ1) is 12.4. The minimum atomic E-state index is -4.51. The van der Waals surface area contributed by atoms with Crippen LogP contribution in [0.5, 0.6) is 0 Å². The number of alkyl halides is 3. The van der Waals surface area contributed by atoms with E-state index in [0.717, 1.165) is 4.90 Å². The molecule has 0 saturated heterocycles. The maximum Gasteiger partial charge on any atom is 0.422 e. The van der Waals surface area contributed by atoms with E-state index in [1.807, 2.05) is 0 Å². The topological polar surface area (TPSA) is 42.7 Å². The Kier molecular flexibility index (Phi) is 3.81. The lowest BCUT2D eigenvalue weighted by molar-refractivity contribution is -0.162. The standard InChI is InChI=1S/C9H10F3NO3/c1-13(5-7-3-2-4-15-7)8(14)16-6-9(10,11)12/h2-4H,5-6H2,1H3. The van der Waals surface area contributed by atoms with E-state index in [1.165, 1.54) is 13.3 Å². The molecule has 0 radical (unpaired) electrons. The molecule has 0 aromatic carbocycles. The van der Waals surface area contributed by atoms with Crippen molar-refractivity contribution in [2.75, 3.05) is 13.7 Å². The Bertz CT molecular complexity index is 334. The van der Waals surface area contributed by atoms with Gasteiger partial charge in [-0.2, -0.15) is 13.2 Å². The predicted octanol–water partition coefficient (Wildman–Crippen LogP) is 2.41. The summed E-state index contributed by atoms with van der Waals surface area (Å²) in [5.41, 5.74) is 0. The van der Waals surface area contributed by atoms with Crippen LogP contribution in [0.1, 0.15) is 5.76 Å². The van der Waals surface area contributed by atoms with Crippen LogP contribution in [-0.4, -0.2) is 30.8 Å². The van der Waals surface area contributed by atoms with Crippen molar-refractivity contribution in [2.45, 2.75) is 12.7 Å². The number of halogens is 3. The zero-order chi connectivity index (χ0) is 12.2. The molecule has 0 aliphatic carbocycles. The van der Waals surface area contributed by atoms with Crippen LogP contribution in [0.2, 0.25) is 0 Å². The van der Waals surface area contributed by atoms with Gasteiger partial charge in [0, 0.05) is 7.05 Å². The Hall–Kier alpha value is -1.66. The summed E-state index contributed by atoms with van der Waals surface area (Å²) in [4.78, 5) is 12.1. The molecule has 0 bridgehead atoms. The summed E-state index contributed by atoms with van der Waals surface area (Å²) < 4.78 is 44.2. The number of rotatable bonds is 3. The van der Waals surface area contributed by atoms with Crippen molar-refractivity contribution < 1.29 is 27.1 Å². The fourth-order valence-electron chi connectivity index (χ4n) is 0.955. The van der Waals surface area contributed by atoms with Crippen molar-refractivity contribution >= 4 is 6.09 Å². The van der Waals surface area contributed by atoms with E-state index < -0.39 is 18.9 Å². The van der Waals surface area contributed by atoms with Crippen LogP contribution in [-0.2, 0) is 11.3 Å². The summed E-state index contributed by atoms with van der Waals surface area (Å²) in [6.45, 7) is -1.53. The Morgan fingerprint density at radius 3 is 2.75 bits per heavy atom. The first-order chi connectivity index (χ1) is 7.38. The number of hydrogen-bond donors (Lipinski definition) is 0. The van der Waals surface area contributed by atoms with Crippen LogP contribution < -0.4 is 0 Å². The molecule has 1 aromatic rings. The fourth-order valence-corrected chi connectivity index (χ4v) is 0.955. The minimum Gasteiger partial charge on any atom is -0.467 e. The lowest BCUT2D eigenvalue weighted by atomic mass is 10.4. The van der Waals surface area contributed by atoms with Gasteiger partial charge in [0.15, 0.2) is 6.61 Å². The van der Waals surface area contributed by atoms with Crippen LogP contribution in [0.25, 0.3) is 0 Å². The van der Waals surface area contributed by atoms with Gasteiger partial charge >= 0.3 is 12.3 Å². The number of carbonyl (C=O) groups excluding carboxylic acids is 1. The predicted molar refractivity (Wildman–Crippen MR) is 47.6 cm³/mol. The molecule has 1 amide bonds. The van der Waals surface area contributed by atoms with Gasteiger partial charge < -0.3 is 14.1 Å². The quantitative estimate of drug-likeness (QED) is 0.810. The molecule has 7 heteroatoms. The maximum absolute atomic E-state index is 11.7. The molecule has 0 aliphatic heterocycles. The van der Waals surface area contributed by atoms with Gasteiger partial charge in [0.2, 0.25) is 0 Å². The summed E-state index contributed by atoms with van der Waals surface area (Å²) in [5.74, 6) is 0.464. The molecule has 0 atom stereocenters. The van der Waals surface area contributed by atoms with Crippen LogP contribution in [0.4, 0.5) is 18.0 Å². The smallest absolute Gasteiger partial charge is 0.422 e. The van der Waals surface area contributed by atoms with E-state index in [4.69, 9.17) is 4.42 Å². The highest BCUT2D eigenvalue weighted by Crippen LogP contribution is 2.15. The lowest BCUT2D eigenvalue weighted by Crippen LogP contribution is -2.30. The second kappa shape index (κ2) is 4.91. The highest BCUT2D eigenvalue weighted by molar-refractivity contribution is 5.67. The van der Waals surface area contributed by atoms with E-state index in [-0.39, 0.29) is 6.54 Å². The van der Waals surface area contributed by atoms with Gasteiger partial charge in [-0.3, -0.25) is 0 Å². The Morgan fingerprint density at radius 1 is 1.56 bits per heavy atom. The van der Waals surface area contributed by atoms with Crippen LogP contribution >= 0.6 is 0 Å². The van der Waals surface area contributed by atoms with Crippen LogP contribution in [0, 0.1) is 0 Å². The average Bonchev–Trinajstić information content (AvgIpc) is 2.65. The monoisotopic (exact) mass is 237 g/mol. The van der Waals surface area contributed by atoms with E-state index in [0.29, 0.717) is 5.76 Å². The zero-order valence-corrected chi connectivity index (χ0v) is 8.45. The Morgan fingerprint density at radius 2 is 2.25 bits per heavy atom. The SMILES string of the molecule is CN(Cc1ccco1)C(=O)OCC(F)(F)F. The summed E-state index contributed by atoms with van der Waals surface area (Å²) in [7, 11) is 1.32. The molecule has 0 fully saturated rings. The molecular weight excluding hydrogens is 227 g/mol. The van der Waals surface area contributed by atoms with Crippen molar-refractivity contribution in [1.29, 1.82) is 0 Å². The average molecular weight is 237 g/mol. The molecule has 1 heterocycles. The molecule has 0 saturated carbocycles. The van der Waals surface area contributed by atoms with Gasteiger partial charge in [-0.05, 0) is 12.1 Å². The largest absolute Gasteiger partial charge is 0.467 e. The van der Waals surface area contributed by atoms with E-state index >= 15 is 0 Å². The Labute approximate surface area is 89.6 Å². The third kappa shape index (κ3) is 4.24. The third-order valence-electron chi connectivity index (χ3n) is 1.64. The van der Waals surface area contributed by atoms with E-state index in [2.05, 4.69) is 4.74 Å². The van der Waals surface area contributed by atoms with E-state index in [9.17, 15) is 18.0 Å². The molecule has 1 aromatic heterocycles. The van der Waals surface area contributed by atoms with Gasteiger partial charge in [0.1, 0.15) is 5.76 Å². The van der Waals surface area contributed by atoms with Crippen molar-refractivity contribution in [1.82, 2.24) is 4.90 Å². The second-order valence-corrected chi connectivity index (χ2v) is 3.11. The van der Waals surface area contributed by atoms with Gasteiger partial charge in [-0.25, -0.2) is 4.79 Å². The normalized spacial score (nSPS) is 11.2.